The molecule has 1 unspecified atom stereocenters. The zero-order valence-corrected chi connectivity index (χ0v) is 8.41. The fourth-order valence-electron chi connectivity index (χ4n) is 2.42. The molecule has 3 rings (SSSR count). The van der Waals surface area contributed by atoms with Gasteiger partial charge in [-0.25, -0.2) is 0 Å². The van der Waals surface area contributed by atoms with E-state index >= 15 is 0 Å². The average molecular weight is 195 g/mol. The topological polar surface area (TPSA) is 50.9 Å². The summed E-state index contributed by atoms with van der Waals surface area (Å²) in [4.78, 5) is 6.68. The zero-order chi connectivity index (χ0) is 9.60. The van der Waals surface area contributed by atoms with Gasteiger partial charge in [0.15, 0.2) is 5.96 Å². The zero-order valence-electron chi connectivity index (χ0n) is 8.41. The lowest BCUT2D eigenvalue weighted by molar-refractivity contribution is 0.131. The first kappa shape index (κ1) is 8.53. The highest BCUT2D eigenvalue weighted by Crippen LogP contribution is 2.36. The molecule has 0 radical (unpaired) electrons. The van der Waals surface area contributed by atoms with Crippen molar-refractivity contribution in [1.29, 1.82) is 0 Å². The van der Waals surface area contributed by atoms with Gasteiger partial charge < -0.3 is 15.4 Å². The standard InChI is InChI=1S/C10H17N3O/c11-9-12-6-10(3-4-14-7-10)13(9)5-8-1-2-8/h8H,1-7H2,(H2,11,12). The minimum atomic E-state index is 0.132. The number of rotatable bonds is 2. The quantitative estimate of drug-likeness (QED) is 0.684. The fraction of sp³-hybridized carbons (Fsp3) is 0.900. The van der Waals surface area contributed by atoms with Crippen LogP contribution in [0.15, 0.2) is 4.99 Å². The van der Waals surface area contributed by atoms with Crippen molar-refractivity contribution in [3.63, 3.8) is 0 Å². The molecule has 78 valence electrons. The maximum atomic E-state index is 5.93. The minimum absolute atomic E-state index is 0.132. The van der Waals surface area contributed by atoms with Crippen LogP contribution in [0.4, 0.5) is 0 Å². The van der Waals surface area contributed by atoms with Gasteiger partial charge in [0.05, 0.1) is 18.7 Å². The summed E-state index contributed by atoms with van der Waals surface area (Å²) in [7, 11) is 0. The molecule has 2 fully saturated rings. The molecule has 0 aromatic carbocycles. The predicted molar refractivity (Wildman–Crippen MR) is 54.1 cm³/mol. The molecular weight excluding hydrogens is 178 g/mol. The van der Waals surface area contributed by atoms with Gasteiger partial charge in [0, 0.05) is 13.2 Å². The second-order valence-corrected chi connectivity index (χ2v) is 4.76. The molecule has 1 atom stereocenters. The molecular formula is C10H17N3O. The highest BCUT2D eigenvalue weighted by Gasteiger charge is 2.46. The maximum Gasteiger partial charge on any atom is 0.191 e. The highest BCUT2D eigenvalue weighted by atomic mass is 16.5. The van der Waals surface area contributed by atoms with Crippen molar-refractivity contribution >= 4 is 5.96 Å². The van der Waals surface area contributed by atoms with Gasteiger partial charge in [0.25, 0.3) is 0 Å². The van der Waals surface area contributed by atoms with Crippen LogP contribution in [0, 0.1) is 5.92 Å². The van der Waals surface area contributed by atoms with Crippen LogP contribution in [-0.4, -0.2) is 42.7 Å². The molecule has 14 heavy (non-hydrogen) atoms. The first-order valence-corrected chi connectivity index (χ1v) is 5.45. The van der Waals surface area contributed by atoms with Crippen molar-refractivity contribution in [3.8, 4) is 0 Å². The summed E-state index contributed by atoms with van der Waals surface area (Å²) >= 11 is 0. The predicted octanol–water partition coefficient (Wildman–Crippen LogP) is 0.186. The Labute approximate surface area is 84.1 Å². The van der Waals surface area contributed by atoms with E-state index in [-0.39, 0.29) is 5.54 Å². The van der Waals surface area contributed by atoms with Gasteiger partial charge in [-0.1, -0.05) is 0 Å². The summed E-state index contributed by atoms with van der Waals surface area (Å²) in [6.07, 6.45) is 3.81. The Hall–Kier alpha value is -0.770. The van der Waals surface area contributed by atoms with E-state index in [9.17, 15) is 0 Å². The van der Waals surface area contributed by atoms with E-state index in [0.717, 1.165) is 44.6 Å². The summed E-state index contributed by atoms with van der Waals surface area (Å²) in [5.41, 5.74) is 6.06. The Bertz CT molecular complexity index is 267. The largest absolute Gasteiger partial charge is 0.379 e. The van der Waals surface area contributed by atoms with Crippen molar-refractivity contribution in [2.45, 2.75) is 24.8 Å². The fourth-order valence-corrected chi connectivity index (χ4v) is 2.42. The third-order valence-electron chi connectivity index (χ3n) is 3.60. The van der Waals surface area contributed by atoms with E-state index in [0.29, 0.717) is 0 Å². The Morgan fingerprint density at radius 3 is 3.07 bits per heavy atom. The van der Waals surface area contributed by atoms with Crippen LogP contribution in [0.2, 0.25) is 0 Å². The van der Waals surface area contributed by atoms with Crippen LogP contribution in [-0.2, 0) is 4.74 Å². The molecule has 4 nitrogen and oxygen atoms in total. The van der Waals surface area contributed by atoms with E-state index < -0.39 is 0 Å². The van der Waals surface area contributed by atoms with E-state index in [4.69, 9.17) is 10.5 Å². The third-order valence-corrected chi connectivity index (χ3v) is 3.60. The maximum absolute atomic E-state index is 5.93. The molecule has 1 spiro atoms. The summed E-state index contributed by atoms with van der Waals surface area (Å²) in [5, 5.41) is 0. The van der Waals surface area contributed by atoms with Crippen molar-refractivity contribution < 1.29 is 4.74 Å². The number of nitrogens with zero attached hydrogens (tertiary/aromatic N) is 2. The molecule has 1 aliphatic carbocycles. The lowest BCUT2D eigenvalue weighted by atomic mass is 9.97. The van der Waals surface area contributed by atoms with Gasteiger partial charge in [0.2, 0.25) is 0 Å². The van der Waals surface area contributed by atoms with Gasteiger partial charge in [-0.05, 0) is 25.2 Å². The smallest absolute Gasteiger partial charge is 0.191 e. The molecule has 1 saturated carbocycles. The summed E-state index contributed by atoms with van der Waals surface area (Å²) in [6.45, 7) is 3.61. The number of aliphatic imine (C=N–C) groups is 1. The van der Waals surface area contributed by atoms with Crippen molar-refractivity contribution in [2.24, 2.45) is 16.6 Å². The van der Waals surface area contributed by atoms with Gasteiger partial charge in [-0.15, -0.1) is 0 Å². The summed E-state index contributed by atoms with van der Waals surface area (Å²) < 4.78 is 5.49. The average Bonchev–Trinajstić information content (AvgIpc) is 2.81. The lowest BCUT2D eigenvalue weighted by Crippen LogP contribution is -2.52. The molecule has 3 aliphatic rings. The lowest BCUT2D eigenvalue weighted by Gasteiger charge is -2.34. The Balaban J connectivity index is 1.77. The first-order valence-electron chi connectivity index (χ1n) is 5.45. The molecule has 2 heterocycles. The van der Waals surface area contributed by atoms with E-state index in [1.165, 1.54) is 12.8 Å². The Morgan fingerprint density at radius 1 is 1.57 bits per heavy atom. The molecule has 0 aromatic heterocycles. The van der Waals surface area contributed by atoms with Crippen LogP contribution in [0.5, 0.6) is 0 Å². The second-order valence-electron chi connectivity index (χ2n) is 4.76. The number of ether oxygens (including phenoxy) is 1. The summed E-state index contributed by atoms with van der Waals surface area (Å²) in [5.74, 6) is 1.60. The van der Waals surface area contributed by atoms with Crippen LogP contribution in [0.3, 0.4) is 0 Å². The SMILES string of the molecule is NC1=NCC2(CCOC2)N1CC1CC1. The molecule has 1 saturated heterocycles. The normalized spacial score (nSPS) is 36.9. The van der Waals surface area contributed by atoms with Crippen molar-refractivity contribution in [1.82, 2.24) is 4.90 Å². The van der Waals surface area contributed by atoms with Gasteiger partial charge in [-0.3, -0.25) is 4.99 Å². The van der Waals surface area contributed by atoms with E-state index in [1.54, 1.807) is 0 Å². The number of nitrogens with two attached hydrogens (primary N) is 1. The third kappa shape index (κ3) is 1.21. The minimum Gasteiger partial charge on any atom is -0.379 e. The van der Waals surface area contributed by atoms with Crippen molar-refractivity contribution in [2.75, 3.05) is 26.3 Å². The van der Waals surface area contributed by atoms with Crippen LogP contribution < -0.4 is 5.73 Å². The van der Waals surface area contributed by atoms with Crippen LogP contribution >= 0.6 is 0 Å². The molecule has 0 amide bonds. The van der Waals surface area contributed by atoms with Gasteiger partial charge in [-0.2, -0.15) is 0 Å². The van der Waals surface area contributed by atoms with Gasteiger partial charge in [0.1, 0.15) is 0 Å². The van der Waals surface area contributed by atoms with E-state index in [2.05, 4.69) is 9.89 Å². The molecule has 2 aliphatic heterocycles. The second kappa shape index (κ2) is 2.86. The summed E-state index contributed by atoms with van der Waals surface area (Å²) in [6, 6.07) is 0. The number of hydrogen-bond acceptors (Lipinski definition) is 4. The number of guanidine groups is 1. The molecule has 0 bridgehead atoms. The molecule has 2 N–H and O–H groups in total. The Kier molecular flexibility index (Phi) is 1.74. The highest BCUT2D eigenvalue weighted by molar-refractivity contribution is 5.81. The van der Waals surface area contributed by atoms with Gasteiger partial charge >= 0.3 is 0 Å². The monoisotopic (exact) mass is 195 g/mol. The van der Waals surface area contributed by atoms with Crippen LogP contribution in [0.1, 0.15) is 19.3 Å². The molecule has 4 heteroatoms. The van der Waals surface area contributed by atoms with Crippen molar-refractivity contribution in [3.05, 3.63) is 0 Å². The number of hydrogen-bond donors (Lipinski definition) is 1. The van der Waals surface area contributed by atoms with Crippen LogP contribution in [0.25, 0.3) is 0 Å². The Morgan fingerprint density at radius 2 is 2.43 bits per heavy atom. The molecule has 0 aromatic rings. The first-order chi connectivity index (χ1) is 6.80. The van der Waals surface area contributed by atoms with E-state index in [1.807, 2.05) is 0 Å².